The van der Waals surface area contributed by atoms with Crippen molar-refractivity contribution in [3.05, 3.63) is 65.9 Å². The van der Waals surface area contributed by atoms with Crippen LogP contribution in [0.4, 0.5) is 4.39 Å². The lowest BCUT2D eigenvalue weighted by Crippen LogP contribution is -2.44. The summed E-state index contributed by atoms with van der Waals surface area (Å²) in [5.74, 6) is 2.33. The molecule has 0 saturated carbocycles. The highest BCUT2D eigenvalue weighted by Crippen LogP contribution is 2.37. The van der Waals surface area contributed by atoms with Gasteiger partial charge in [0.15, 0.2) is 11.5 Å². The van der Waals surface area contributed by atoms with Crippen LogP contribution < -0.4 is 9.47 Å². The molecule has 6 rings (SSSR count). The van der Waals surface area contributed by atoms with Crippen molar-refractivity contribution >= 4 is 0 Å². The van der Waals surface area contributed by atoms with Gasteiger partial charge >= 0.3 is 0 Å². The third kappa shape index (κ3) is 3.05. The standard InChI is InChI=1S/C23H22FN3O3/c24-18-4-2-17(3-5-18)19-10-25-22-12-30-23(14-27(19)22)7-8-26(13-23)11-16-1-6-20-21(9-16)29-15-28-20/h1-6,9-10H,7-8,11-15H2/t23-/m1/s1. The molecule has 0 radical (unpaired) electrons. The maximum atomic E-state index is 13.3. The van der Waals surface area contributed by atoms with Crippen molar-refractivity contribution in [3.8, 4) is 22.8 Å². The number of rotatable bonds is 3. The molecular formula is C23H22FN3O3. The van der Waals surface area contributed by atoms with Gasteiger partial charge in [-0.2, -0.15) is 0 Å². The second kappa shape index (κ2) is 6.82. The van der Waals surface area contributed by atoms with E-state index in [4.69, 9.17) is 14.2 Å². The summed E-state index contributed by atoms with van der Waals surface area (Å²) in [7, 11) is 0. The van der Waals surface area contributed by atoms with Gasteiger partial charge in [0, 0.05) is 19.6 Å². The van der Waals surface area contributed by atoms with E-state index < -0.39 is 0 Å². The topological polar surface area (TPSA) is 48.8 Å². The molecule has 1 atom stereocenters. The van der Waals surface area contributed by atoms with Crippen LogP contribution in [-0.2, 0) is 24.4 Å². The third-order valence-corrected chi connectivity index (χ3v) is 6.27. The molecule has 6 nitrogen and oxygen atoms in total. The van der Waals surface area contributed by atoms with Gasteiger partial charge in [-0.3, -0.25) is 4.90 Å². The van der Waals surface area contributed by atoms with E-state index in [1.165, 1.54) is 17.7 Å². The molecule has 1 spiro atoms. The minimum Gasteiger partial charge on any atom is -0.454 e. The van der Waals surface area contributed by atoms with Gasteiger partial charge in [0.25, 0.3) is 0 Å². The lowest BCUT2D eigenvalue weighted by atomic mass is 10.0. The summed E-state index contributed by atoms with van der Waals surface area (Å²) in [4.78, 5) is 6.96. The molecule has 30 heavy (non-hydrogen) atoms. The Morgan fingerprint density at radius 2 is 1.90 bits per heavy atom. The number of aromatic nitrogens is 2. The number of hydrogen-bond donors (Lipinski definition) is 0. The van der Waals surface area contributed by atoms with E-state index in [9.17, 15) is 4.39 Å². The molecule has 0 aliphatic carbocycles. The third-order valence-electron chi connectivity index (χ3n) is 6.27. The molecule has 1 saturated heterocycles. The van der Waals surface area contributed by atoms with Crippen molar-refractivity contribution in [2.45, 2.75) is 31.7 Å². The number of halogens is 1. The van der Waals surface area contributed by atoms with Crippen LogP contribution in [0, 0.1) is 5.82 Å². The molecule has 4 heterocycles. The first-order chi connectivity index (χ1) is 14.7. The van der Waals surface area contributed by atoms with E-state index in [0.29, 0.717) is 13.4 Å². The Labute approximate surface area is 173 Å². The van der Waals surface area contributed by atoms with Crippen molar-refractivity contribution < 1.29 is 18.6 Å². The van der Waals surface area contributed by atoms with E-state index in [-0.39, 0.29) is 11.4 Å². The zero-order chi connectivity index (χ0) is 20.1. The van der Waals surface area contributed by atoms with Crippen molar-refractivity contribution in [1.29, 1.82) is 0 Å². The summed E-state index contributed by atoms with van der Waals surface area (Å²) in [6.07, 6.45) is 2.84. The minimum absolute atomic E-state index is 0.223. The highest BCUT2D eigenvalue weighted by atomic mass is 19.1. The predicted molar refractivity (Wildman–Crippen MR) is 108 cm³/mol. The Bertz CT molecular complexity index is 1100. The molecule has 3 aliphatic heterocycles. The molecule has 154 valence electrons. The Morgan fingerprint density at radius 1 is 1.03 bits per heavy atom. The molecular weight excluding hydrogens is 385 g/mol. The number of benzene rings is 2. The molecule has 7 heteroatoms. The first-order valence-corrected chi connectivity index (χ1v) is 10.2. The number of ether oxygens (including phenoxy) is 3. The van der Waals surface area contributed by atoms with Gasteiger partial charge in [-0.05, 0) is 53.9 Å². The lowest BCUT2D eigenvalue weighted by Gasteiger charge is -2.35. The molecule has 0 amide bonds. The van der Waals surface area contributed by atoms with E-state index in [0.717, 1.165) is 61.2 Å². The largest absolute Gasteiger partial charge is 0.454 e. The van der Waals surface area contributed by atoms with Crippen LogP contribution >= 0.6 is 0 Å². The van der Waals surface area contributed by atoms with Crippen LogP contribution in [-0.4, -0.2) is 39.9 Å². The van der Waals surface area contributed by atoms with Gasteiger partial charge in [-0.25, -0.2) is 9.37 Å². The highest BCUT2D eigenvalue weighted by molar-refractivity contribution is 5.59. The van der Waals surface area contributed by atoms with Crippen LogP contribution in [0.1, 0.15) is 17.8 Å². The van der Waals surface area contributed by atoms with Crippen LogP contribution in [0.15, 0.2) is 48.7 Å². The SMILES string of the molecule is Fc1ccc(-c2cnc3n2C[C@]2(CCN(Cc4ccc5c(c4)OCO5)C2)OC3)cc1. The maximum Gasteiger partial charge on any atom is 0.231 e. The van der Waals surface area contributed by atoms with E-state index in [1.807, 2.05) is 24.4 Å². The predicted octanol–water partition coefficient (Wildman–Crippen LogP) is 3.59. The molecule has 1 fully saturated rings. The molecule has 0 bridgehead atoms. The van der Waals surface area contributed by atoms with E-state index >= 15 is 0 Å². The van der Waals surface area contributed by atoms with E-state index in [2.05, 4.69) is 26.6 Å². The zero-order valence-electron chi connectivity index (χ0n) is 16.5. The minimum atomic E-state index is -0.230. The van der Waals surface area contributed by atoms with Gasteiger partial charge in [-0.15, -0.1) is 0 Å². The average molecular weight is 407 g/mol. The highest BCUT2D eigenvalue weighted by Gasteiger charge is 2.43. The maximum absolute atomic E-state index is 13.3. The smallest absolute Gasteiger partial charge is 0.231 e. The second-order valence-corrected chi connectivity index (χ2v) is 8.27. The Balaban J connectivity index is 1.20. The van der Waals surface area contributed by atoms with Gasteiger partial charge in [0.2, 0.25) is 6.79 Å². The summed E-state index contributed by atoms with van der Waals surface area (Å²) in [5, 5.41) is 0. The monoisotopic (exact) mass is 407 g/mol. The number of hydrogen-bond acceptors (Lipinski definition) is 5. The van der Waals surface area contributed by atoms with Crippen LogP contribution in [0.25, 0.3) is 11.3 Å². The fraction of sp³-hybridized carbons (Fsp3) is 0.348. The van der Waals surface area contributed by atoms with Crippen molar-refractivity contribution in [1.82, 2.24) is 14.5 Å². The van der Waals surface area contributed by atoms with Gasteiger partial charge in [0.1, 0.15) is 23.8 Å². The van der Waals surface area contributed by atoms with Gasteiger partial charge in [0.05, 0.1) is 18.4 Å². The summed E-state index contributed by atoms with van der Waals surface area (Å²) in [6, 6.07) is 12.7. The van der Waals surface area contributed by atoms with Crippen molar-refractivity contribution in [3.63, 3.8) is 0 Å². The molecule has 2 aromatic carbocycles. The van der Waals surface area contributed by atoms with Crippen LogP contribution in [0.3, 0.4) is 0 Å². The first-order valence-electron chi connectivity index (χ1n) is 10.2. The Kier molecular flexibility index (Phi) is 4.07. The molecule has 3 aliphatic rings. The van der Waals surface area contributed by atoms with Crippen LogP contribution in [0.2, 0.25) is 0 Å². The van der Waals surface area contributed by atoms with Gasteiger partial charge < -0.3 is 18.8 Å². The normalized spacial score (nSPS) is 22.6. The van der Waals surface area contributed by atoms with Crippen LogP contribution in [0.5, 0.6) is 11.5 Å². The van der Waals surface area contributed by atoms with Crippen molar-refractivity contribution in [2.75, 3.05) is 19.9 Å². The summed E-state index contributed by atoms with van der Waals surface area (Å²) >= 11 is 0. The zero-order valence-corrected chi connectivity index (χ0v) is 16.5. The fourth-order valence-electron chi connectivity index (χ4n) is 4.71. The molecule has 3 aromatic rings. The number of nitrogens with zero attached hydrogens (tertiary/aromatic N) is 3. The Hall–Kier alpha value is -2.90. The van der Waals surface area contributed by atoms with E-state index in [1.54, 1.807) is 0 Å². The molecule has 0 unspecified atom stereocenters. The lowest BCUT2D eigenvalue weighted by molar-refractivity contribution is -0.0821. The second-order valence-electron chi connectivity index (χ2n) is 8.27. The molecule has 0 N–H and O–H groups in total. The van der Waals surface area contributed by atoms with Crippen molar-refractivity contribution in [2.24, 2.45) is 0 Å². The average Bonchev–Trinajstić information content (AvgIpc) is 3.47. The quantitative estimate of drug-likeness (QED) is 0.664. The summed E-state index contributed by atoms with van der Waals surface area (Å²) in [6.45, 7) is 4.24. The number of imidazole rings is 1. The first kappa shape index (κ1) is 17.9. The number of fused-ring (bicyclic) bond motifs is 2. The Morgan fingerprint density at radius 3 is 2.80 bits per heavy atom. The van der Waals surface area contributed by atoms with Gasteiger partial charge in [-0.1, -0.05) is 6.07 Å². The number of likely N-dealkylation sites (tertiary alicyclic amines) is 1. The summed E-state index contributed by atoms with van der Waals surface area (Å²) < 4.78 is 32.8. The fourth-order valence-corrected chi connectivity index (χ4v) is 4.71. The molecule has 1 aromatic heterocycles. The summed E-state index contributed by atoms with van der Waals surface area (Å²) in [5.41, 5.74) is 2.98.